The molecule has 15 heavy (non-hydrogen) atoms. The Balaban J connectivity index is 2.49. The van der Waals surface area contributed by atoms with Crippen LogP contribution in [0.2, 0.25) is 0 Å². The number of aliphatic hydroxyl groups excluding tert-OH is 1. The van der Waals surface area contributed by atoms with E-state index in [9.17, 15) is 9.50 Å². The molecule has 1 aliphatic rings. The summed E-state index contributed by atoms with van der Waals surface area (Å²) in [5, 5.41) is 9.33. The fraction of sp³-hybridized carbons (Fsp3) is 0.455. The van der Waals surface area contributed by atoms with E-state index in [2.05, 4.69) is 0 Å². The van der Waals surface area contributed by atoms with Crippen molar-refractivity contribution in [2.45, 2.75) is 32.7 Å². The summed E-state index contributed by atoms with van der Waals surface area (Å²) < 4.78 is 24.5. The summed E-state index contributed by atoms with van der Waals surface area (Å²) in [6.45, 7) is 4.91. The average molecular weight is 212 g/mol. The number of aliphatic hydroxyl groups is 1. The first-order valence-electron chi connectivity index (χ1n) is 4.79. The van der Waals surface area contributed by atoms with Gasteiger partial charge in [-0.15, -0.1) is 0 Å². The Morgan fingerprint density at radius 3 is 2.60 bits per heavy atom. The van der Waals surface area contributed by atoms with E-state index in [1.807, 2.05) is 0 Å². The topological polar surface area (TPSA) is 38.7 Å². The van der Waals surface area contributed by atoms with Gasteiger partial charge >= 0.3 is 0 Å². The molecule has 1 aliphatic heterocycles. The van der Waals surface area contributed by atoms with Crippen molar-refractivity contribution in [3.8, 4) is 11.5 Å². The second-order valence-electron chi connectivity index (χ2n) is 4.08. The van der Waals surface area contributed by atoms with Crippen molar-refractivity contribution in [3.63, 3.8) is 0 Å². The Bertz CT molecular complexity index is 399. The van der Waals surface area contributed by atoms with Gasteiger partial charge in [0.15, 0.2) is 11.6 Å². The standard InChI is InChI=1S/C11H13FO3/c1-6(13)7-4-5-8-10(9(7)12)15-11(2,3)14-8/h4-6,13H,1-3H3. The third kappa shape index (κ3) is 1.65. The lowest BCUT2D eigenvalue weighted by molar-refractivity contribution is -0.0446. The zero-order valence-corrected chi connectivity index (χ0v) is 8.87. The second kappa shape index (κ2) is 3.10. The van der Waals surface area contributed by atoms with Gasteiger partial charge in [-0.2, -0.15) is 0 Å². The van der Waals surface area contributed by atoms with Crippen LogP contribution in [-0.4, -0.2) is 10.9 Å². The molecular formula is C11H13FO3. The highest BCUT2D eigenvalue weighted by molar-refractivity contribution is 5.47. The predicted molar refractivity (Wildman–Crippen MR) is 52.4 cm³/mol. The van der Waals surface area contributed by atoms with Crippen molar-refractivity contribution in [2.75, 3.05) is 0 Å². The molecule has 0 radical (unpaired) electrons. The van der Waals surface area contributed by atoms with E-state index in [-0.39, 0.29) is 11.3 Å². The summed E-state index contributed by atoms with van der Waals surface area (Å²) in [4.78, 5) is 0. The quantitative estimate of drug-likeness (QED) is 0.776. The fourth-order valence-corrected chi connectivity index (χ4v) is 1.58. The largest absolute Gasteiger partial charge is 0.449 e. The molecule has 1 unspecified atom stereocenters. The lowest BCUT2D eigenvalue weighted by Crippen LogP contribution is -2.29. The van der Waals surface area contributed by atoms with Gasteiger partial charge in [-0.3, -0.25) is 0 Å². The van der Waals surface area contributed by atoms with Crippen LogP contribution in [0.3, 0.4) is 0 Å². The lowest BCUT2D eigenvalue weighted by atomic mass is 10.1. The minimum atomic E-state index is -0.859. The van der Waals surface area contributed by atoms with Crippen LogP contribution >= 0.6 is 0 Å². The predicted octanol–water partition coefficient (Wildman–Crippen LogP) is 2.39. The maximum Gasteiger partial charge on any atom is 0.246 e. The molecule has 0 aliphatic carbocycles. The highest BCUT2D eigenvalue weighted by Crippen LogP contribution is 2.43. The number of hydrogen-bond donors (Lipinski definition) is 1. The van der Waals surface area contributed by atoms with E-state index in [1.54, 1.807) is 19.9 Å². The van der Waals surface area contributed by atoms with Gasteiger partial charge in [-0.25, -0.2) is 4.39 Å². The monoisotopic (exact) mass is 212 g/mol. The molecule has 1 aromatic rings. The summed E-state index contributed by atoms with van der Waals surface area (Å²) in [6, 6.07) is 3.11. The molecule has 0 amide bonds. The molecule has 1 heterocycles. The average Bonchev–Trinajstić information content (AvgIpc) is 2.40. The van der Waals surface area contributed by atoms with E-state index < -0.39 is 17.7 Å². The zero-order valence-electron chi connectivity index (χ0n) is 8.87. The van der Waals surface area contributed by atoms with Crippen molar-refractivity contribution in [1.82, 2.24) is 0 Å². The maximum absolute atomic E-state index is 13.8. The van der Waals surface area contributed by atoms with Crippen LogP contribution in [0.1, 0.15) is 32.4 Å². The molecule has 1 aromatic carbocycles. The molecule has 4 heteroatoms. The van der Waals surface area contributed by atoms with Gasteiger partial charge in [0.25, 0.3) is 0 Å². The Kier molecular flexibility index (Phi) is 2.12. The molecular weight excluding hydrogens is 199 g/mol. The fourth-order valence-electron chi connectivity index (χ4n) is 1.58. The van der Waals surface area contributed by atoms with Crippen molar-refractivity contribution in [2.24, 2.45) is 0 Å². The van der Waals surface area contributed by atoms with Gasteiger partial charge in [-0.05, 0) is 19.1 Å². The van der Waals surface area contributed by atoms with Crippen molar-refractivity contribution >= 4 is 0 Å². The Labute approximate surface area is 87.4 Å². The lowest BCUT2D eigenvalue weighted by Gasteiger charge is -2.16. The van der Waals surface area contributed by atoms with Crippen molar-refractivity contribution < 1.29 is 19.0 Å². The van der Waals surface area contributed by atoms with Crippen LogP contribution in [0.5, 0.6) is 11.5 Å². The smallest absolute Gasteiger partial charge is 0.246 e. The number of fused-ring (bicyclic) bond motifs is 1. The van der Waals surface area contributed by atoms with Crippen LogP contribution in [0.25, 0.3) is 0 Å². The highest BCUT2D eigenvalue weighted by Gasteiger charge is 2.35. The van der Waals surface area contributed by atoms with E-state index in [0.29, 0.717) is 5.75 Å². The van der Waals surface area contributed by atoms with E-state index in [4.69, 9.17) is 9.47 Å². The molecule has 1 atom stereocenters. The summed E-state index contributed by atoms with van der Waals surface area (Å²) >= 11 is 0. The molecule has 1 N–H and O–H groups in total. The zero-order chi connectivity index (χ0) is 11.2. The van der Waals surface area contributed by atoms with Gasteiger partial charge in [0.2, 0.25) is 11.5 Å². The van der Waals surface area contributed by atoms with E-state index in [0.717, 1.165) is 0 Å². The van der Waals surface area contributed by atoms with Gasteiger partial charge in [0, 0.05) is 19.4 Å². The molecule has 0 spiro atoms. The van der Waals surface area contributed by atoms with Gasteiger partial charge in [0.1, 0.15) is 0 Å². The van der Waals surface area contributed by atoms with Crippen LogP contribution in [0.4, 0.5) is 4.39 Å². The second-order valence-corrected chi connectivity index (χ2v) is 4.08. The molecule has 0 aromatic heterocycles. The van der Waals surface area contributed by atoms with Crippen molar-refractivity contribution in [3.05, 3.63) is 23.5 Å². The van der Waals surface area contributed by atoms with Crippen LogP contribution < -0.4 is 9.47 Å². The first-order chi connectivity index (χ1) is 6.91. The molecule has 3 nitrogen and oxygen atoms in total. The molecule has 0 saturated heterocycles. The number of rotatable bonds is 1. The Morgan fingerprint density at radius 1 is 1.33 bits per heavy atom. The van der Waals surface area contributed by atoms with Gasteiger partial charge in [0.05, 0.1) is 6.10 Å². The summed E-state index contributed by atoms with van der Waals surface area (Å²) in [6.07, 6.45) is -0.859. The minimum Gasteiger partial charge on any atom is -0.449 e. The first kappa shape index (κ1) is 10.2. The Morgan fingerprint density at radius 2 is 2.00 bits per heavy atom. The highest BCUT2D eigenvalue weighted by atomic mass is 19.1. The SMILES string of the molecule is CC(O)c1ccc2c(c1F)OC(C)(C)O2. The Hall–Kier alpha value is -1.29. The third-order valence-electron chi connectivity index (χ3n) is 2.24. The number of hydrogen-bond acceptors (Lipinski definition) is 3. The van der Waals surface area contributed by atoms with Gasteiger partial charge in [-0.1, -0.05) is 0 Å². The first-order valence-corrected chi connectivity index (χ1v) is 4.79. The summed E-state index contributed by atoms with van der Waals surface area (Å²) in [7, 11) is 0. The summed E-state index contributed by atoms with van der Waals surface area (Å²) in [5.41, 5.74) is 0.218. The number of halogens is 1. The van der Waals surface area contributed by atoms with Crippen LogP contribution in [0.15, 0.2) is 12.1 Å². The molecule has 2 rings (SSSR count). The normalized spacial score (nSPS) is 19.0. The van der Waals surface area contributed by atoms with Gasteiger partial charge < -0.3 is 14.6 Å². The molecule has 82 valence electrons. The van der Waals surface area contributed by atoms with E-state index in [1.165, 1.54) is 13.0 Å². The van der Waals surface area contributed by atoms with Crippen LogP contribution in [-0.2, 0) is 0 Å². The minimum absolute atomic E-state index is 0.0819. The maximum atomic E-state index is 13.8. The summed E-state index contributed by atoms with van der Waals surface area (Å²) in [5.74, 6) is -0.936. The molecule has 0 fully saturated rings. The molecule has 0 saturated carbocycles. The number of ether oxygens (including phenoxy) is 2. The molecule has 0 bridgehead atoms. The van der Waals surface area contributed by atoms with Crippen LogP contribution in [0, 0.1) is 5.82 Å². The number of benzene rings is 1. The third-order valence-corrected chi connectivity index (χ3v) is 2.24. The van der Waals surface area contributed by atoms with E-state index >= 15 is 0 Å². The van der Waals surface area contributed by atoms with Crippen molar-refractivity contribution in [1.29, 1.82) is 0 Å².